The first-order chi connectivity index (χ1) is 52.8. The van der Waals surface area contributed by atoms with Gasteiger partial charge < -0.3 is 95.9 Å². The average Bonchev–Trinajstić information content (AvgIpc) is 0.749. The largest absolute Gasteiger partial charge is 0.462 e. The van der Waals surface area contributed by atoms with Crippen LogP contribution in [-0.2, 0) is 140 Å². The highest BCUT2D eigenvalue weighted by Crippen LogP contribution is 2.43. The molecule has 110 heavy (non-hydrogen) atoms. The molecular formula is C80H98Cl4N2O24. The van der Waals surface area contributed by atoms with Crippen molar-refractivity contribution in [2.75, 3.05) is 32.3 Å². The highest BCUT2D eigenvalue weighted by atomic mass is 35.6. The molecule has 26 nitrogen and oxygen atoms in total. The maximum atomic E-state index is 14.9. The zero-order chi connectivity index (χ0) is 78.5. The van der Waals surface area contributed by atoms with Crippen LogP contribution in [0.1, 0.15) is 115 Å². The molecule has 5 aromatic rings. The Bertz CT molecular complexity index is 3690. The van der Waals surface area contributed by atoms with Crippen molar-refractivity contribution in [3.63, 3.8) is 0 Å². The van der Waals surface area contributed by atoms with Gasteiger partial charge in [-0.15, -0.1) is 11.6 Å². The van der Waals surface area contributed by atoms with E-state index in [1.165, 1.54) is 6.92 Å². The lowest BCUT2D eigenvalue weighted by Crippen LogP contribution is -2.72. The van der Waals surface area contributed by atoms with Crippen molar-refractivity contribution in [3.05, 3.63) is 179 Å². The lowest BCUT2D eigenvalue weighted by molar-refractivity contribution is -0.398. The van der Waals surface area contributed by atoms with Gasteiger partial charge in [0, 0.05) is 45.7 Å². The smallest absolute Gasteiger partial charge is 0.311 e. The topological polar surface area (TPSA) is 293 Å². The molecule has 5 aliphatic rings. The quantitative estimate of drug-likeness (QED) is 0.0167. The van der Waals surface area contributed by atoms with Gasteiger partial charge in [0.2, 0.25) is 5.91 Å². The van der Waals surface area contributed by atoms with E-state index in [9.17, 15) is 28.8 Å². The van der Waals surface area contributed by atoms with Crippen molar-refractivity contribution < 1.29 is 114 Å². The highest BCUT2D eigenvalue weighted by molar-refractivity contribution is 6.76. The van der Waals surface area contributed by atoms with Crippen LogP contribution in [0.5, 0.6) is 0 Å². The van der Waals surface area contributed by atoms with E-state index in [1.807, 2.05) is 127 Å². The molecule has 2 N–H and O–H groups in total. The molecule has 0 bridgehead atoms. The van der Waals surface area contributed by atoms with Crippen LogP contribution < -0.4 is 10.6 Å². The number of carbonyl (C=O) groups excluding carboxylic acids is 6. The lowest BCUT2D eigenvalue weighted by Gasteiger charge is -2.53. The van der Waals surface area contributed by atoms with Crippen molar-refractivity contribution >= 4 is 82.1 Å². The van der Waals surface area contributed by atoms with Crippen molar-refractivity contribution in [2.45, 2.75) is 240 Å². The summed E-state index contributed by atoms with van der Waals surface area (Å²) in [6.45, 7) is 10.3. The Hall–Kier alpha value is -6.48. The zero-order valence-corrected chi connectivity index (χ0v) is 65.6. The van der Waals surface area contributed by atoms with E-state index < -0.39 is 180 Å². The van der Waals surface area contributed by atoms with Crippen LogP contribution in [0.25, 0.3) is 0 Å². The molecule has 5 fully saturated rings. The van der Waals surface area contributed by atoms with E-state index in [2.05, 4.69) is 10.6 Å². The van der Waals surface area contributed by atoms with Crippen molar-refractivity contribution in [2.24, 2.45) is 5.41 Å². The predicted molar refractivity (Wildman–Crippen MR) is 398 cm³/mol. The van der Waals surface area contributed by atoms with E-state index in [0.29, 0.717) is 17.9 Å². The first-order valence-electron chi connectivity index (χ1n) is 36.8. The van der Waals surface area contributed by atoms with Gasteiger partial charge in [0.15, 0.2) is 49.8 Å². The molecule has 0 saturated carbocycles. The van der Waals surface area contributed by atoms with Crippen LogP contribution in [0.2, 0.25) is 0 Å². The van der Waals surface area contributed by atoms with Crippen LogP contribution >= 0.6 is 46.4 Å². The molecule has 10 rings (SSSR count). The van der Waals surface area contributed by atoms with E-state index in [0.717, 1.165) is 62.3 Å². The second-order valence-electron chi connectivity index (χ2n) is 28.4. The Kier molecular flexibility index (Phi) is 32.4. The highest BCUT2D eigenvalue weighted by Gasteiger charge is 2.61. The lowest BCUT2D eigenvalue weighted by atomic mass is 9.93. The molecule has 0 radical (unpaired) electrons. The third-order valence-electron chi connectivity index (χ3n) is 18.6. The number of halogens is 4. The molecule has 0 spiro atoms. The van der Waals surface area contributed by atoms with Gasteiger partial charge in [-0.1, -0.05) is 199 Å². The molecule has 0 aromatic heterocycles. The summed E-state index contributed by atoms with van der Waals surface area (Å²) < 4.78 is 119. The number of esters is 4. The van der Waals surface area contributed by atoms with Gasteiger partial charge in [0.05, 0.1) is 51.2 Å². The van der Waals surface area contributed by atoms with E-state index >= 15 is 0 Å². The van der Waals surface area contributed by atoms with Crippen LogP contribution in [0.15, 0.2) is 152 Å². The fourth-order valence-corrected chi connectivity index (χ4v) is 13.8. The number of hydrogen-bond acceptors (Lipinski definition) is 24. The van der Waals surface area contributed by atoms with E-state index in [4.69, 9.17) is 132 Å². The van der Waals surface area contributed by atoms with Gasteiger partial charge in [-0.05, 0) is 62.8 Å². The molecule has 5 aliphatic heterocycles. The van der Waals surface area contributed by atoms with Gasteiger partial charge in [-0.3, -0.25) is 28.8 Å². The maximum Gasteiger partial charge on any atom is 0.311 e. The second-order valence-corrected chi connectivity index (χ2v) is 31.0. The third-order valence-corrected chi connectivity index (χ3v) is 19.4. The number of amides is 2. The summed E-state index contributed by atoms with van der Waals surface area (Å²) in [5.41, 5.74) is 2.68. The van der Waals surface area contributed by atoms with Crippen LogP contribution in [0.3, 0.4) is 0 Å². The second kappa shape index (κ2) is 41.5. The Balaban J connectivity index is 1.11. The number of unbranched alkanes of at least 4 members (excludes halogenated alkanes) is 3. The minimum atomic E-state index is -2.72. The summed E-state index contributed by atoms with van der Waals surface area (Å²) >= 11 is 25.7. The van der Waals surface area contributed by atoms with Crippen molar-refractivity contribution in [1.29, 1.82) is 0 Å². The summed E-state index contributed by atoms with van der Waals surface area (Å²) in [6.07, 6.45) is -24.7. The van der Waals surface area contributed by atoms with Crippen molar-refractivity contribution in [3.8, 4) is 0 Å². The zero-order valence-electron chi connectivity index (χ0n) is 62.6. The van der Waals surface area contributed by atoms with Gasteiger partial charge in [-0.25, -0.2) is 0 Å². The monoisotopic (exact) mass is 1610 g/mol. The Morgan fingerprint density at radius 3 is 1.50 bits per heavy atom. The molecule has 5 aromatic carbocycles. The van der Waals surface area contributed by atoms with E-state index in [-0.39, 0.29) is 46.2 Å². The fraction of sp³-hybridized carbons (Fsp3) is 0.550. The standard InChI is InChI=1S/C80H98Cl4N2O24/c1-47-62(95-41-53-30-18-12-19-31-53)68(96-42-54-32-20-13-21-33-54)70(97-43-55-34-22-14-23-35-55)75(100-47)109-67-61(86-77(91)80(82,83)84)74(105-58-45-98-72(107-64(58)67)56-36-24-15-25-37-56)110-69-65(101-49(3)88)59(46-99-78(92)79(6,7)8)106-76(71(69)103-51(5)90)108-63-57(44-93-40-52-28-16-11-17-29-52)104-73(94-39-27-10-9-26-38-81)60(85-48(2)87)66(63)102-50(4)89/h11-25,28-37,47,57-76H,9-10,26-27,38-46H2,1-8H3,(H,85,87)(H,86,91)/t47-,57+,58+,59+,60+,61+,62+,63+,64+,65-,66+,67+,68+,69-,70-,71+,72?,73+,74-,75-,76-/m0/s1. The minimum Gasteiger partial charge on any atom is -0.462 e. The molecule has 30 heteroatoms. The number of alkyl halides is 4. The minimum absolute atomic E-state index is 0.0124. The molecule has 0 aliphatic carbocycles. The molecule has 5 heterocycles. The molecule has 2 amide bonds. The number of benzene rings is 5. The molecule has 5 saturated heterocycles. The van der Waals surface area contributed by atoms with Crippen molar-refractivity contribution in [1.82, 2.24) is 10.6 Å². The fourth-order valence-electron chi connectivity index (χ4n) is 13.4. The average molecular weight is 1610 g/mol. The number of fused-ring (bicyclic) bond motifs is 1. The van der Waals surface area contributed by atoms with Gasteiger partial charge in [0.25, 0.3) is 9.70 Å². The summed E-state index contributed by atoms with van der Waals surface area (Å²) in [5, 5.41) is 5.67. The number of rotatable bonds is 34. The summed E-state index contributed by atoms with van der Waals surface area (Å²) in [7, 11) is 0. The SMILES string of the molecule is CC(=O)N[C@H]1[C@H](OCCCCCCCl)O[C@H](COCc2ccccc2)[C@@H](O[C@@H]2O[C@H](COC(=O)C(C)(C)C)[C@H](OC(C)=O)[C@H](O[C@@H]3O[C@@H]4COC(c5ccccc5)O[C@H]4[C@H](O[C@@H]4O[C@@H](C)[C@@H](OCc5ccccc5)[C@@H](OCc5ccccc5)[C@@H]4OCc4ccccc4)[C@H]3NC(=O)C(Cl)(Cl)Cl)[C@H]2OC(C)=O)[C@@H]1OC(C)=O. The first-order valence-corrected chi connectivity index (χ1v) is 38.5. The molecule has 600 valence electrons. The van der Waals surface area contributed by atoms with Crippen LogP contribution in [0.4, 0.5) is 0 Å². The predicted octanol–water partition coefficient (Wildman–Crippen LogP) is 10.7. The van der Waals surface area contributed by atoms with Gasteiger partial charge in [-0.2, -0.15) is 0 Å². The van der Waals surface area contributed by atoms with E-state index in [1.54, 1.807) is 52.0 Å². The molecular weight excluding hydrogens is 1510 g/mol. The van der Waals surface area contributed by atoms with Gasteiger partial charge in [0.1, 0.15) is 79.7 Å². The van der Waals surface area contributed by atoms with Crippen LogP contribution in [-0.4, -0.2) is 194 Å². The first kappa shape index (κ1) is 85.9. The Morgan fingerprint density at radius 2 is 0.945 bits per heavy atom. The van der Waals surface area contributed by atoms with Gasteiger partial charge >= 0.3 is 23.9 Å². The normalized spacial score (nSPS) is 29.7. The number of carbonyl (C=O) groups is 6. The summed E-state index contributed by atoms with van der Waals surface area (Å²) in [6, 6.07) is 43.6. The maximum absolute atomic E-state index is 14.9. The number of nitrogens with one attached hydrogen (secondary N) is 2. The third kappa shape index (κ3) is 24.5. The van der Waals surface area contributed by atoms with Crippen LogP contribution in [0, 0.1) is 5.41 Å². The molecule has 1 unspecified atom stereocenters. The number of hydrogen-bond donors (Lipinski definition) is 2. The Morgan fingerprint density at radius 1 is 0.464 bits per heavy atom. The Labute approximate surface area is 660 Å². The molecule has 21 atom stereocenters. The summed E-state index contributed by atoms with van der Waals surface area (Å²) in [5.74, 6) is -4.83. The number of ether oxygens (including phenoxy) is 18. The summed E-state index contributed by atoms with van der Waals surface area (Å²) in [4.78, 5) is 83.9.